The highest BCUT2D eigenvalue weighted by Crippen LogP contribution is 2.47. The fourth-order valence-corrected chi connectivity index (χ4v) is 3.90. The highest BCUT2D eigenvalue weighted by Gasteiger charge is 2.21. The van der Waals surface area contributed by atoms with Crippen LogP contribution in [0, 0.1) is 0 Å². The molecule has 2 aromatic heterocycles. The molecule has 0 atom stereocenters. The second kappa shape index (κ2) is 6.47. The monoisotopic (exact) mass is 369 g/mol. The van der Waals surface area contributed by atoms with Gasteiger partial charge in [0.25, 0.3) is 0 Å². The van der Waals surface area contributed by atoms with Crippen LogP contribution in [0.2, 0.25) is 10.0 Å². The molecule has 8 heteroatoms. The van der Waals surface area contributed by atoms with E-state index < -0.39 is 0 Å². The number of hydrogen-bond acceptors (Lipinski definition) is 6. The Hall–Kier alpha value is -1.63. The van der Waals surface area contributed by atoms with Gasteiger partial charge in [-0.15, -0.1) is 0 Å². The summed E-state index contributed by atoms with van der Waals surface area (Å²) in [6.07, 6.45) is 2.47. The summed E-state index contributed by atoms with van der Waals surface area (Å²) < 4.78 is 10.6. The van der Waals surface area contributed by atoms with Crippen LogP contribution in [0.1, 0.15) is 12.7 Å². The molecular weight excluding hydrogens is 357 g/mol. The topological polar surface area (TPSA) is 57.1 Å². The molecular formula is C15H13Cl2N3O2S. The van der Waals surface area contributed by atoms with Crippen molar-refractivity contribution < 1.29 is 9.47 Å². The molecule has 0 N–H and O–H groups in total. The van der Waals surface area contributed by atoms with Gasteiger partial charge in [-0.1, -0.05) is 41.5 Å². The van der Waals surface area contributed by atoms with Gasteiger partial charge in [0.15, 0.2) is 0 Å². The molecule has 0 unspecified atom stereocenters. The molecule has 0 aliphatic rings. The summed E-state index contributed by atoms with van der Waals surface area (Å²) in [7, 11) is 3.07. The minimum atomic E-state index is 0.390. The fourth-order valence-electron chi connectivity index (χ4n) is 2.12. The third-order valence-corrected chi connectivity index (χ3v) is 5.04. The van der Waals surface area contributed by atoms with Gasteiger partial charge in [-0.3, -0.25) is 0 Å². The molecule has 3 rings (SSSR count). The van der Waals surface area contributed by atoms with Crippen molar-refractivity contribution in [2.45, 2.75) is 13.3 Å². The van der Waals surface area contributed by atoms with Crippen molar-refractivity contribution in [3.05, 3.63) is 28.1 Å². The molecule has 0 saturated carbocycles. The number of benzene rings is 1. The smallest absolute Gasteiger partial charge is 0.147 e. The van der Waals surface area contributed by atoms with E-state index in [9.17, 15) is 0 Å². The number of aromatic nitrogens is 3. The highest BCUT2D eigenvalue weighted by molar-refractivity contribution is 7.21. The molecule has 0 spiro atoms. The molecule has 5 nitrogen and oxygen atoms in total. The summed E-state index contributed by atoms with van der Waals surface area (Å²) in [5.41, 5.74) is 1.28. The predicted molar refractivity (Wildman–Crippen MR) is 93.1 cm³/mol. The van der Waals surface area contributed by atoms with Gasteiger partial charge < -0.3 is 9.47 Å². The van der Waals surface area contributed by atoms with Crippen LogP contribution >= 0.6 is 34.5 Å². The van der Waals surface area contributed by atoms with Gasteiger partial charge >= 0.3 is 0 Å². The number of aryl methyl sites for hydroxylation is 1. The summed E-state index contributed by atoms with van der Waals surface area (Å²) in [5, 5.41) is 1.43. The Morgan fingerprint density at radius 2 is 1.74 bits per heavy atom. The maximum absolute atomic E-state index is 6.43. The lowest BCUT2D eigenvalue weighted by molar-refractivity contribution is 0.395. The zero-order valence-electron chi connectivity index (χ0n) is 12.7. The van der Waals surface area contributed by atoms with Gasteiger partial charge in [0.1, 0.15) is 32.7 Å². The van der Waals surface area contributed by atoms with Gasteiger partial charge in [-0.2, -0.15) is 0 Å². The van der Waals surface area contributed by atoms with Gasteiger partial charge in [0, 0.05) is 12.5 Å². The lowest BCUT2D eigenvalue weighted by Gasteiger charge is -2.12. The lowest BCUT2D eigenvalue weighted by Crippen LogP contribution is -1.93. The molecule has 2 heterocycles. The average Bonchev–Trinajstić information content (AvgIpc) is 2.97. The van der Waals surface area contributed by atoms with Crippen LogP contribution in [0.5, 0.6) is 11.5 Å². The van der Waals surface area contributed by atoms with Crippen LogP contribution in [-0.4, -0.2) is 29.2 Å². The molecule has 3 aromatic rings. The summed E-state index contributed by atoms with van der Waals surface area (Å²) in [5.74, 6) is 1.72. The maximum atomic E-state index is 6.43. The minimum absolute atomic E-state index is 0.390. The van der Waals surface area contributed by atoms with Crippen LogP contribution in [0.4, 0.5) is 0 Å². The predicted octanol–water partition coefficient (Wildman–Crippen LogP) is 4.64. The van der Waals surface area contributed by atoms with Crippen LogP contribution in [0.15, 0.2) is 12.3 Å². The Kier molecular flexibility index (Phi) is 4.57. The first-order valence-electron chi connectivity index (χ1n) is 6.81. The zero-order valence-corrected chi connectivity index (χ0v) is 15.0. The van der Waals surface area contributed by atoms with Crippen molar-refractivity contribution in [2.75, 3.05) is 14.2 Å². The van der Waals surface area contributed by atoms with Gasteiger partial charge in [0.05, 0.1) is 36.0 Å². The Labute approximate surface area is 147 Å². The van der Waals surface area contributed by atoms with E-state index in [1.807, 2.05) is 6.92 Å². The summed E-state index contributed by atoms with van der Waals surface area (Å²) in [4.78, 5) is 14.1. The van der Waals surface area contributed by atoms with E-state index in [1.165, 1.54) is 25.6 Å². The van der Waals surface area contributed by atoms with Crippen molar-refractivity contribution in [3.63, 3.8) is 0 Å². The fraction of sp³-hybridized carbons (Fsp3) is 0.267. The molecule has 1 aromatic carbocycles. The van der Waals surface area contributed by atoms with Crippen LogP contribution in [0.25, 0.3) is 20.9 Å². The van der Waals surface area contributed by atoms with Crippen LogP contribution < -0.4 is 9.47 Å². The number of fused-ring (bicyclic) bond motifs is 1. The van der Waals surface area contributed by atoms with E-state index in [4.69, 9.17) is 32.7 Å². The number of methoxy groups -OCH3 is 2. The van der Waals surface area contributed by atoms with E-state index >= 15 is 0 Å². The number of rotatable bonds is 4. The zero-order chi connectivity index (χ0) is 16.6. The summed E-state index contributed by atoms with van der Waals surface area (Å²) in [6, 6.07) is 1.65. The number of ether oxygens (including phenoxy) is 2. The normalized spacial score (nSPS) is 11.0. The Morgan fingerprint density at radius 3 is 2.30 bits per heavy atom. The number of thiazole rings is 1. The quantitative estimate of drug-likeness (QED) is 0.670. The first-order chi connectivity index (χ1) is 11.1. The van der Waals surface area contributed by atoms with E-state index in [1.54, 1.807) is 12.3 Å². The second-order valence-electron chi connectivity index (χ2n) is 4.63. The Morgan fingerprint density at radius 1 is 1.09 bits per heavy atom. The number of halogens is 2. The lowest BCUT2D eigenvalue weighted by atomic mass is 10.2. The van der Waals surface area contributed by atoms with Crippen molar-refractivity contribution >= 4 is 44.9 Å². The molecule has 0 radical (unpaired) electrons. The minimum Gasteiger partial charge on any atom is -0.495 e. The van der Waals surface area contributed by atoms with Crippen LogP contribution in [-0.2, 0) is 6.42 Å². The van der Waals surface area contributed by atoms with E-state index in [-0.39, 0.29) is 0 Å². The number of hydrogen-bond donors (Lipinski definition) is 0. The van der Waals surface area contributed by atoms with Crippen molar-refractivity contribution in [1.82, 2.24) is 15.0 Å². The molecule has 0 saturated heterocycles. The Bertz CT molecular complexity index is 855. The highest BCUT2D eigenvalue weighted by atomic mass is 35.5. The number of nitrogens with zero attached hydrogens (tertiary/aromatic N) is 3. The first kappa shape index (κ1) is 16.2. The average molecular weight is 370 g/mol. The molecule has 0 aliphatic heterocycles. The SMILES string of the molecule is CCc1ncc2nc(-c3c(Cl)c(OC)cc(OC)c3Cl)sc2n1. The van der Waals surface area contributed by atoms with Gasteiger partial charge in [-0.05, 0) is 0 Å². The third-order valence-electron chi connectivity index (χ3n) is 3.30. The molecule has 0 aliphatic carbocycles. The van der Waals surface area contributed by atoms with Crippen molar-refractivity contribution in [1.29, 1.82) is 0 Å². The molecule has 120 valence electrons. The summed E-state index contributed by atoms with van der Waals surface area (Å²) in [6.45, 7) is 2.00. The van der Waals surface area contributed by atoms with Gasteiger partial charge in [0.2, 0.25) is 0 Å². The molecule has 0 amide bonds. The molecule has 0 bridgehead atoms. The van der Waals surface area contributed by atoms with Crippen molar-refractivity contribution in [2.24, 2.45) is 0 Å². The van der Waals surface area contributed by atoms with E-state index in [0.29, 0.717) is 37.6 Å². The van der Waals surface area contributed by atoms with Crippen LogP contribution in [0.3, 0.4) is 0 Å². The van der Waals surface area contributed by atoms with E-state index in [0.717, 1.165) is 17.1 Å². The third kappa shape index (κ3) is 2.82. The maximum Gasteiger partial charge on any atom is 0.147 e. The van der Waals surface area contributed by atoms with Crippen molar-refractivity contribution in [3.8, 4) is 22.1 Å². The first-order valence-corrected chi connectivity index (χ1v) is 8.39. The van der Waals surface area contributed by atoms with E-state index in [2.05, 4.69) is 15.0 Å². The molecule has 23 heavy (non-hydrogen) atoms. The largest absolute Gasteiger partial charge is 0.495 e. The molecule has 0 fully saturated rings. The standard InChI is InChI=1S/C15H13Cl2N3O2S/c1-4-10-18-6-7-14(20-10)23-15(19-7)11-12(16)8(21-2)5-9(22-3)13(11)17/h5-6H,4H2,1-3H3. The van der Waals surface area contributed by atoms with Gasteiger partial charge in [-0.25, -0.2) is 15.0 Å². The summed E-state index contributed by atoms with van der Waals surface area (Å²) >= 11 is 14.3. The second-order valence-corrected chi connectivity index (χ2v) is 6.37. The Balaban J connectivity index is 2.25.